The number of nitrogens with one attached hydrogen (secondary N) is 1. The van der Waals surface area contributed by atoms with E-state index in [1.807, 2.05) is 0 Å². The van der Waals surface area contributed by atoms with Crippen LogP contribution in [0.25, 0.3) is 0 Å². The maximum Gasteiger partial charge on any atom is 0.243 e. The molecule has 1 aliphatic heterocycles. The molecule has 2 atom stereocenters. The number of amides is 1. The zero-order valence-corrected chi connectivity index (χ0v) is 16.0. The summed E-state index contributed by atoms with van der Waals surface area (Å²) in [5.41, 5.74) is 0. The third kappa shape index (κ3) is 6.00. The fraction of sp³-hybridized carbons (Fsp3) is 0.867. The maximum absolute atomic E-state index is 11.7. The first kappa shape index (κ1) is 18.5. The minimum Gasteiger partial charge on any atom is -0.353 e. The molecule has 6 heteroatoms. The SMILES string of the molecule is CC1CC(C)CN(C(=NCC(=O)N(C)C)NC2CC2)C1.I. The summed E-state index contributed by atoms with van der Waals surface area (Å²) >= 11 is 0. The van der Waals surface area contributed by atoms with Crippen molar-refractivity contribution < 1.29 is 4.79 Å². The quantitative estimate of drug-likeness (QED) is 0.440. The Hall–Kier alpha value is -0.530. The van der Waals surface area contributed by atoms with Gasteiger partial charge in [0.05, 0.1) is 0 Å². The molecule has 1 N–H and O–H groups in total. The minimum atomic E-state index is 0. The van der Waals surface area contributed by atoms with E-state index in [-0.39, 0.29) is 36.4 Å². The summed E-state index contributed by atoms with van der Waals surface area (Å²) in [5, 5.41) is 3.50. The van der Waals surface area contributed by atoms with Gasteiger partial charge in [-0.25, -0.2) is 4.99 Å². The summed E-state index contributed by atoms with van der Waals surface area (Å²) in [7, 11) is 3.55. The van der Waals surface area contributed by atoms with Crippen molar-refractivity contribution in [2.45, 2.75) is 39.2 Å². The summed E-state index contributed by atoms with van der Waals surface area (Å²) in [6.07, 6.45) is 3.73. The van der Waals surface area contributed by atoms with E-state index < -0.39 is 0 Å². The summed E-state index contributed by atoms with van der Waals surface area (Å²) in [4.78, 5) is 20.2. The highest BCUT2D eigenvalue weighted by Crippen LogP contribution is 2.23. The molecule has 21 heavy (non-hydrogen) atoms. The Kier molecular flexibility index (Phi) is 7.23. The predicted octanol–water partition coefficient (Wildman–Crippen LogP) is 1.78. The molecule has 2 unspecified atom stereocenters. The van der Waals surface area contributed by atoms with Crippen molar-refractivity contribution in [3.8, 4) is 0 Å². The van der Waals surface area contributed by atoms with Gasteiger partial charge in [0.15, 0.2) is 5.96 Å². The molecule has 0 spiro atoms. The Bertz CT molecular complexity index is 372. The third-order valence-electron chi connectivity index (χ3n) is 3.94. The van der Waals surface area contributed by atoms with E-state index in [1.165, 1.54) is 19.3 Å². The Morgan fingerprint density at radius 1 is 1.24 bits per heavy atom. The molecule has 1 saturated carbocycles. The van der Waals surface area contributed by atoms with Crippen LogP contribution in [0.5, 0.6) is 0 Å². The molecule has 0 aromatic heterocycles. The van der Waals surface area contributed by atoms with E-state index in [1.54, 1.807) is 19.0 Å². The van der Waals surface area contributed by atoms with Crippen molar-refractivity contribution in [3.63, 3.8) is 0 Å². The lowest BCUT2D eigenvalue weighted by Crippen LogP contribution is -2.49. The minimum absolute atomic E-state index is 0. The van der Waals surface area contributed by atoms with E-state index in [2.05, 4.69) is 29.1 Å². The number of carbonyl (C=O) groups excluding carboxylic acids is 1. The predicted molar refractivity (Wildman–Crippen MR) is 97.1 cm³/mol. The number of guanidine groups is 1. The van der Waals surface area contributed by atoms with Gasteiger partial charge < -0.3 is 15.1 Å². The van der Waals surface area contributed by atoms with Gasteiger partial charge in [0.1, 0.15) is 6.54 Å². The molecule has 1 saturated heterocycles. The topological polar surface area (TPSA) is 47.9 Å². The van der Waals surface area contributed by atoms with Crippen LogP contribution in [0.4, 0.5) is 0 Å². The molecule has 0 aromatic carbocycles. The van der Waals surface area contributed by atoms with Crippen molar-refractivity contribution >= 4 is 35.8 Å². The lowest BCUT2D eigenvalue weighted by Gasteiger charge is -2.37. The third-order valence-corrected chi connectivity index (χ3v) is 3.94. The average molecular weight is 408 g/mol. The molecule has 5 nitrogen and oxygen atoms in total. The van der Waals surface area contributed by atoms with Crippen molar-refractivity contribution in [3.05, 3.63) is 0 Å². The van der Waals surface area contributed by atoms with Crippen LogP contribution in [0.1, 0.15) is 33.1 Å². The smallest absolute Gasteiger partial charge is 0.243 e. The van der Waals surface area contributed by atoms with Crippen molar-refractivity contribution in [1.82, 2.24) is 15.1 Å². The first-order valence-corrected chi connectivity index (χ1v) is 7.71. The second kappa shape index (κ2) is 8.19. The lowest BCUT2D eigenvalue weighted by molar-refractivity contribution is -0.127. The van der Waals surface area contributed by atoms with Crippen molar-refractivity contribution in [2.75, 3.05) is 33.7 Å². The van der Waals surface area contributed by atoms with Crippen molar-refractivity contribution in [2.24, 2.45) is 16.8 Å². The van der Waals surface area contributed by atoms with Crippen LogP contribution in [0.15, 0.2) is 4.99 Å². The summed E-state index contributed by atoms with van der Waals surface area (Å²) in [5.74, 6) is 2.36. The van der Waals surface area contributed by atoms with Gasteiger partial charge >= 0.3 is 0 Å². The second-order valence-corrected chi connectivity index (χ2v) is 6.70. The molecule has 0 bridgehead atoms. The maximum atomic E-state index is 11.7. The normalized spacial score (nSPS) is 26.1. The van der Waals surface area contributed by atoms with E-state index in [4.69, 9.17) is 0 Å². The number of rotatable bonds is 3. The van der Waals surface area contributed by atoms with E-state index in [0.29, 0.717) is 17.9 Å². The van der Waals surface area contributed by atoms with Crippen LogP contribution < -0.4 is 5.32 Å². The van der Waals surface area contributed by atoms with Gasteiger partial charge in [-0.2, -0.15) is 0 Å². The van der Waals surface area contributed by atoms with Gasteiger partial charge in [-0.1, -0.05) is 13.8 Å². The fourth-order valence-corrected chi connectivity index (χ4v) is 2.77. The Morgan fingerprint density at radius 2 is 1.81 bits per heavy atom. The van der Waals surface area contributed by atoms with E-state index in [0.717, 1.165) is 19.0 Å². The number of likely N-dealkylation sites (tertiary alicyclic amines) is 1. The first-order valence-electron chi connectivity index (χ1n) is 7.71. The molecule has 2 fully saturated rings. The highest BCUT2D eigenvalue weighted by molar-refractivity contribution is 14.0. The van der Waals surface area contributed by atoms with Crippen LogP contribution in [0.3, 0.4) is 0 Å². The number of hydrogen-bond donors (Lipinski definition) is 1. The van der Waals surface area contributed by atoms with E-state index in [9.17, 15) is 4.79 Å². The van der Waals surface area contributed by atoms with Gasteiger partial charge in [-0.3, -0.25) is 4.79 Å². The van der Waals surface area contributed by atoms with Gasteiger partial charge in [0.25, 0.3) is 0 Å². The molecule has 122 valence electrons. The monoisotopic (exact) mass is 408 g/mol. The van der Waals surface area contributed by atoms with Crippen LogP contribution in [-0.2, 0) is 4.79 Å². The number of likely N-dealkylation sites (N-methyl/N-ethyl adjacent to an activating group) is 1. The van der Waals surface area contributed by atoms with Gasteiger partial charge in [-0.05, 0) is 31.1 Å². The van der Waals surface area contributed by atoms with Crippen LogP contribution >= 0.6 is 24.0 Å². The Balaban J connectivity index is 0.00000220. The highest BCUT2D eigenvalue weighted by atomic mass is 127. The first-order chi connectivity index (χ1) is 9.45. The van der Waals surface area contributed by atoms with Crippen LogP contribution in [-0.4, -0.2) is 61.4 Å². The zero-order valence-electron chi connectivity index (χ0n) is 13.6. The average Bonchev–Trinajstić information content (AvgIpc) is 3.16. The van der Waals surface area contributed by atoms with Crippen LogP contribution in [0.2, 0.25) is 0 Å². The molecular weight excluding hydrogens is 379 g/mol. The molecule has 1 amide bonds. The number of nitrogens with zero attached hydrogens (tertiary/aromatic N) is 3. The van der Waals surface area contributed by atoms with E-state index >= 15 is 0 Å². The number of piperidine rings is 1. The second-order valence-electron chi connectivity index (χ2n) is 6.70. The summed E-state index contributed by atoms with van der Waals surface area (Å²) in [6.45, 7) is 6.91. The summed E-state index contributed by atoms with van der Waals surface area (Å²) in [6, 6.07) is 0.566. The lowest BCUT2D eigenvalue weighted by atomic mass is 9.92. The molecule has 0 radical (unpaired) electrons. The largest absolute Gasteiger partial charge is 0.353 e. The molecule has 0 aromatic rings. The number of carbonyl (C=O) groups is 1. The summed E-state index contributed by atoms with van der Waals surface area (Å²) < 4.78 is 0. The molecule has 2 rings (SSSR count). The van der Waals surface area contributed by atoms with Crippen molar-refractivity contribution in [1.29, 1.82) is 0 Å². The van der Waals surface area contributed by atoms with Gasteiger partial charge in [0, 0.05) is 33.2 Å². The Morgan fingerprint density at radius 3 is 2.29 bits per heavy atom. The highest BCUT2D eigenvalue weighted by Gasteiger charge is 2.28. The molecular formula is C15H29IN4O. The molecule has 2 aliphatic rings. The zero-order chi connectivity index (χ0) is 14.7. The number of halogens is 1. The van der Waals surface area contributed by atoms with Crippen LogP contribution in [0, 0.1) is 11.8 Å². The number of aliphatic imine (C=N–C) groups is 1. The van der Waals surface area contributed by atoms with Gasteiger partial charge in [-0.15, -0.1) is 24.0 Å². The van der Waals surface area contributed by atoms with Gasteiger partial charge in [0.2, 0.25) is 5.91 Å². The molecule has 1 aliphatic carbocycles. The standard InChI is InChI=1S/C15H28N4O.HI/c1-11-7-12(2)10-19(9-11)15(17-13-5-6-13)16-8-14(20)18(3)4;/h11-13H,5-10H2,1-4H3,(H,16,17);1H. The molecule has 1 heterocycles. The number of hydrogen-bond acceptors (Lipinski definition) is 2. The fourth-order valence-electron chi connectivity index (χ4n) is 2.77. The Labute approximate surface area is 145 Å².